The summed E-state index contributed by atoms with van der Waals surface area (Å²) in [6, 6.07) is 3.30. The van der Waals surface area contributed by atoms with Gasteiger partial charge in [-0.3, -0.25) is 4.68 Å². The van der Waals surface area contributed by atoms with Gasteiger partial charge in [0.15, 0.2) is 5.69 Å². The highest BCUT2D eigenvalue weighted by molar-refractivity contribution is 5.13. The Labute approximate surface area is 115 Å². The van der Waals surface area contributed by atoms with Crippen LogP contribution in [0.5, 0.6) is 0 Å². The SMILES string of the molecule is CNC1(C#N)CCCC1CCn1ccc(C(F)(F)F)n1. The average molecular weight is 286 g/mol. The quantitative estimate of drug-likeness (QED) is 0.925. The number of nitrogens with one attached hydrogen (secondary N) is 1. The van der Waals surface area contributed by atoms with Crippen LogP contribution in [0.1, 0.15) is 31.4 Å². The zero-order valence-electron chi connectivity index (χ0n) is 11.2. The van der Waals surface area contributed by atoms with E-state index in [9.17, 15) is 18.4 Å². The van der Waals surface area contributed by atoms with Crippen LogP contribution in [0.25, 0.3) is 0 Å². The lowest BCUT2D eigenvalue weighted by Crippen LogP contribution is -2.45. The van der Waals surface area contributed by atoms with Gasteiger partial charge in [-0.15, -0.1) is 0 Å². The number of nitrogens with zero attached hydrogens (tertiary/aromatic N) is 3. The Morgan fingerprint density at radius 1 is 1.60 bits per heavy atom. The zero-order valence-corrected chi connectivity index (χ0v) is 11.2. The summed E-state index contributed by atoms with van der Waals surface area (Å²) in [5.41, 5.74) is -1.41. The number of nitriles is 1. The molecule has 0 bridgehead atoms. The Morgan fingerprint density at radius 3 is 2.90 bits per heavy atom. The molecule has 2 unspecified atom stereocenters. The molecule has 1 aromatic heterocycles. The topological polar surface area (TPSA) is 53.6 Å². The molecule has 2 atom stereocenters. The van der Waals surface area contributed by atoms with E-state index in [1.807, 2.05) is 0 Å². The van der Waals surface area contributed by atoms with Gasteiger partial charge in [-0.1, -0.05) is 6.42 Å². The van der Waals surface area contributed by atoms with E-state index in [1.165, 1.54) is 10.9 Å². The van der Waals surface area contributed by atoms with E-state index in [4.69, 9.17) is 0 Å². The lowest BCUT2D eigenvalue weighted by Gasteiger charge is -2.28. The van der Waals surface area contributed by atoms with Crippen LogP contribution in [0.2, 0.25) is 0 Å². The Morgan fingerprint density at radius 2 is 2.35 bits per heavy atom. The van der Waals surface area contributed by atoms with Gasteiger partial charge in [0, 0.05) is 12.7 Å². The van der Waals surface area contributed by atoms with Gasteiger partial charge in [-0.05, 0) is 38.3 Å². The fourth-order valence-corrected chi connectivity index (χ4v) is 2.93. The second-order valence-corrected chi connectivity index (χ2v) is 5.17. The minimum atomic E-state index is -4.40. The van der Waals surface area contributed by atoms with Crippen LogP contribution in [0.3, 0.4) is 0 Å². The van der Waals surface area contributed by atoms with Gasteiger partial charge in [0.2, 0.25) is 0 Å². The fraction of sp³-hybridized carbons (Fsp3) is 0.692. The van der Waals surface area contributed by atoms with Crippen molar-refractivity contribution in [2.75, 3.05) is 7.05 Å². The molecular formula is C13H17F3N4. The van der Waals surface area contributed by atoms with Crippen molar-refractivity contribution in [3.8, 4) is 6.07 Å². The predicted octanol–water partition coefficient (Wildman–Crippen LogP) is 2.57. The van der Waals surface area contributed by atoms with E-state index in [2.05, 4.69) is 16.5 Å². The molecule has 1 fully saturated rings. The van der Waals surface area contributed by atoms with Crippen molar-refractivity contribution < 1.29 is 13.2 Å². The predicted molar refractivity (Wildman–Crippen MR) is 66.6 cm³/mol. The summed E-state index contributed by atoms with van der Waals surface area (Å²) in [7, 11) is 1.76. The average Bonchev–Trinajstić information content (AvgIpc) is 3.02. The molecule has 0 radical (unpaired) electrons. The van der Waals surface area contributed by atoms with Gasteiger partial charge in [0.05, 0.1) is 6.07 Å². The van der Waals surface area contributed by atoms with Crippen molar-refractivity contribution in [1.29, 1.82) is 5.26 Å². The first-order valence-electron chi connectivity index (χ1n) is 6.62. The number of alkyl halides is 3. The van der Waals surface area contributed by atoms with Gasteiger partial charge in [-0.25, -0.2) is 0 Å². The number of aryl methyl sites for hydroxylation is 1. The minimum Gasteiger partial charge on any atom is -0.302 e. The Kier molecular flexibility index (Phi) is 4.04. The molecule has 20 heavy (non-hydrogen) atoms. The Hall–Kier alpha value is -1.55. The molecule has 1 aliphatic rings. The first-order chi connectivity index (χ1) is 9.41. The van der Waals surface area contributed by atoms with Crippen molar-refractivity contribution in [3.05, 3.63) is 18.0 Å². The molecule has 0 saturated heterocycles. The van der Waals surface area contributed by atoms with Crippen LogP contribution in [0.4, 0.5) is 13.2 Å². The molecule has 1 heterocycles. The van der Waals surface area contributed by atoms with Crippen LogP contribution in [0.15, 0.2) is 12.3 Å². The van der Waals surface area contributed by atoms with Crippen molar-refractivity contribution in [1.82, 2.24) is 15.1 Å². The standard InChI is InChI=1S/C13H17F3N4/c1-18-12(9-17)6-2-3-10(12)4-7-20-8-5-11(19-20)13(14,15)16/h5,8,10,18H,2-4,6-7H2,1H3. The maximum Gasteiger partial charge on any atom is 0.435 e. The lowest BCUT2D eigenvalue weighted by molar-refractivity contribution is -0.141. The van der Waals surface area contributed by atoms with Gasteiger partial charge in [0.1, 0.15) is 5.54 Å². The highest BCUT2D eigenvalue weighted by Crippen LogP contribution is 2.37. The second kappa shape index (κ2) is 5.44. The largest absolute Gasteiger partial charge is 0.435 e. The van der Waals surface area contributed by atoms with E-state index in [1.54, 1.807) is 7.05 Å². The normalized spacial score (nSPS) is 26.6. The molecule has 1 aliphatic carbocycles. The molecule has 1 N–H and O–H groups in total. The first kappa shape index (κ1) is 14.9. The van der Waals surface area contributed by atoms with Crippen molar-refractivity contribution in [2.45, 2.75) is 43.9 Å². The molecule has 0 amide bonds. The lowest BCUT2D eigenvalue weighted by atomic mass is 9.86. The van der Waals surface area contributed by atoms with E-state index >= 15 is 0 Å². The van der Waals surface area contributed by atoms with Crippen LogP contribution in [-0.2, 0) is 12.7 Å². The van der Waals surface area contributed by atoms with E-state index in [-0.39, 0.29) is 5.92 Å². The van der Waals surface area contributed by atoms with Crippen molar-refractivity contribution in [3.63, 3.8) is 0 Å². The third-order valence-corrected chi connectivity index (χ3v) is 4.10. The zero-order chi connectivity index (χ0) is 14.8. The van der Waals surface area contributed by atoms with Crippen molar-refractivity contribution in [2.24, 2.45) is 5.92 Å². The Bertz CT molecular complexity index is 502. The summed E-state index contributed by atoms with van der Waals surface area (Å²) >= 11 is 0. The highest BCUT2D eigenvalue weighted by Gasteiger charge is 2.41. The van der Waals surface area contributed by atoms with Crippen molar-refractivity contribution >= 4 is 0 Å². The van der Waals surface area contributed by atoms with Crippen LogP contribution in [0, 0.1) is 17.2 Å². The molecule has 4 nitrogen and oxygen atoms in total. The van der Waals surface area contributed by atoms with E-state index in [0.29, 0.717) is 13.0 Å². The summed E-state index contributed by atoms with van der Waals surface area (Å²) in [6.07, 6.45) is 0.254. The van der Waals surface area contributed by atoms with E-state index in [0.717, 1.165) is 25.3 Å². The number of hydrogen-bond acceptors (Lipinski definition) is 3. The third kappa shape index (κ3) is 2.80. The molecule has 110 valence electrons. The molecule has 2 rings (SSSR count). The maximum absolute atomic E-state index is 12.4. The summed E-state index contributed by atoms with van der Waals surface area (Å²) in [5.74, 6) is 0.149. The summed E-state index contributed by atoms with van der Waals surface area (Å²) in [5, 5.41) is 15.9. The van der Waals surface area contributed by atoms with Crippen LogP contribution >= 0.6 is 0 Å². The molecule has 0 aliphatic heterocycles. The summed E-state index contributed by atoms with van der Waals surface area (Å²) in [6.45, 7) is 0.395. The molecular weight excluding hydrogens is 269 g/mol. The van der Waals surface area contributed by atoms with Gasteiger partial charge >= 0.3 is 6.18 Å². The number of hydrogen-bond donors (Lipinski definition) is 1. The monoisotopic (exact) mass is 286 g/mol. The number of aromatic nitrogens is 2. The molecule has 0 spiro atoms. The number of halogens is 3. The fourth-order valence-electron chi connectivity index (χ4n) is 2.93. The van der Waals surface area contributed by atoms with Gasteiger partial charge in [-0.2, -0.15) is 23.5 Å². The van der Waals surface area contributed by atoms with E-state index < -0.39 is 17.4 Å². The highest BCUT2D eigenvalue weighted by atomic mass is 19.4. The number of rotatable bonds is 4. The first-order valence-corrected chi connectivity index (χ1v) is 6.62. The molecule has 1 saturated carbocycles. The minimum absolute atomic E-state index is 0.149. The van der Waals surface area contributed by atoms with Crippen LogP contribution in [-0.4, -0.2) is 22.4 Å². The van der Waals surface area contributed by atoms with Gasteiger partial charge in [0.25, 0.3) is 0 Å². The second-order valence-electron chi connectivity index (χ2n) is 5.17. The van der Waals surface area contributed by atoms with Crippen LogP contribution < -0.4 is 5.32 Å². The molecule has 0 aromatic carbocycles. The summed E-state index contributed by atoms with van der Waals surface area (Å²) in [4.78, 5) is 0. The van der Waals surface area contributed by atoms with Gasteiger partial charge < -0.3 is 5.32 Å². The maximum atomic E-state index is 12.4. The molecule has 7 heteroatoms. The smallest absolute Gasteiger partial charge is 0.302 e. The third-order valence-electron chi connectivity index (χ3n) is 4.10. The summed E-state index contributed by atoms with van der Waals surface area (Å²) < 4.78 is 38.6. The molecule has 1 aromatic rings. The Balaban J connectivity index is 1.99.